The van der Waals surface area contributed by atoms with Crippen molar-refractivity contribution in [1.29, 1.82) is 0 Å². The lowest BCUT2D eigenvalue weighted by molar-refractivity contribution is 0.0976. The summed E-state index contributed by atoms with van der Waals surface area (Å²) < 4.78 is 30.8. The van der Waals surface area contributed by atoms with E-state index in [1.165, 1.54) is 12.1 Å². The third kappa shape index (κ3) is 3.54. The summed E-state index contributed by atoms with van der Waals surface area (Å²) in [5, 5.41) is 9.69. The van der Waals surface area contributed by atoms with Crippen LogP contribution in [0, 0.1) is 0 Å². The third-order valence-corrected chi connectivity index (χ3v) is 3.47. The van der Waals surface area contributed by atoms with Gasteiger partial charge in [-0.3, -0.25) is 9.35 Å². The number of rotatable bonds is 6. The maximum atomic E-state index is 11.8. The van der Waals surface area contributed by atoms with E-state index in [0.717, 1.165) is 18.9 Å². The van der Waals surface area contributed by atoms with E-state index in [4.69, 9.17) is 4.55 Å². The summed E-state index contributed by atoms with van der Waals surface area (Å²) in [6, 6.07) is 3.71. The summed E-state index contributed by atoms with van der Waals surface area (Å²) >= 11 is 0. The summed E-state index contributed by atoms with van der Waals surface area (Å²) in [4.78, 5) is 11.1. The monoisotopic (exact) mass is 272 g/mol. The molecule has 5 nitrogen and oxygen atoms in total. The van der Waals surface area contributed by atoms with E-state index in [2.05, 4.69) is 0 Å². The molecule has 2 N–H and O–H groups in total. The number of carbonyl (C=O) groups excluding carboxylic acids is 1. The predicted octanol–water partition coefficient (Wildman–Crippen LogP) is 2.40. The zero-order chi connectivity index (χ0) is 13.8. The molecule has 0 aromatic heterocycles. The Kier molecular flexibility index (Phi) is 4.86. The molecule has 0 atom stereocenters. The Labute approximate surface area is 106 Å². The number of hydrogen-bond donors (Lipinski definition) is 2. The molecule has 1 aromatic rings. The molecule has 0 unspecified atom stereocenters. The summed E-state index contributed by atoms with van der Waals surface area (Å²) in [5.74, 6) is -1.01. The maximum Gasteiger partial charge on any atom is 0.298 e. The van der Waals surface area contributed by atoms with Crippen molar-refractivity contribution >= 4 is 15.9 Å². The highest BCUT2D eigenvalue weighted by Crippen LogP contribution is 2.27. The van der Waals surface area contributed by atoms with Gasteiger partial charge in [-0.1, -0.05) is 25.8 Å². The number of hydrogen-bond acceptors (Lipinski definition) is 4. The number of para-hydroxylation sites is 1. The van der Waals surface area contributed by atoms with Gasteiger partial charge in [0.05, 0.1) is 5.56 Å². The quantitative estimate of drug-likeness (QED) is 0.471. The van der Waals surface area contributed by atoms with Crippen LogP contribution in [0.1, 0.15) is 43.0 Å². The third-order valence-electron chi connectivity index (χ3n) is 2.58. The van der Waals surface area contributed by atoms with Gasteiger partial charge in [0, 0.05) is 6.42 Å². The first-order valence-corrected chi connectivity index (χ1v) is 7.14. The molecule has 0 fully saturated rings. The van der Waals surface area contributed by atoms with Gasteiger partial charge in [-0.25, -0.2) is 0 Å². The van der Waals surface area contributed by atoms with Crippen LogP contribution < -0.4 is 0 Å². The number of phenols is 1. The van der Waals surface area contributed by atoms with Crippen LogP contribution in [0.15, 0.2) is 23.1 Å². The molecule has 0 heterocycles. The van der Waals surface area contributed by atoms with Gasteiger partial charge in [-0.2, -0.15) is 8.42 Å². The Balaban J connectivity index is 3.01. The molecule has 6 heteroatoms. The molecule has 1 rings (SSSR count). The SMILES string of the molecule is CCCCCC(=O)c1cccc(S(=O)(=O)O)c1O. The van der Waals surface area contributed by atoms with Crippen LogP contribution in [0.3, 0.4) is 0 Å². The maximum absolute atomic E-state index is 11.8. The number of Topliss-reactive ketones (excluding diaryl/α,β-unsaturated/α-hetero) is 1. The average Bonchev–Trinajstić information content (AvgIpc) is 2.28. The number of ketones is 1. The Morgan fingerprint density at radius 2 is 1.94 bits per heavy atom. The van der Waals surface area contributed by atoms with Gasteiger partial charge >= 0.3 is 0 Å². The van der Waals surface area contributed by atoms with Crippen LogP contribution in [-0.2, 0) is 10.1 Å². The van der Waals surface area contributed by atoms with Crippen molar-refractivity contribution in [2.75, 3.05) is 0 Å². The standard InChI is InChI=1S/C12H16O5S/c1-2-3-4-7-10(13)9-6-5-8-11(12(9)14)18(15,16)17/h5-6,8,14H,2-4,7H2,1H3,(H,15,16,17). The van der Waals surface area contributed by atoms with Gasteiger partial charge in [0.1, 0.15) is 10.6 Å². The first kappa shape index (κ1) is 14.7. The van der Waals surface area contributed by atoms with Crippen molar-refractivity contribution in [2.24, 2.45) is 0 Å². The van der Waals surface area contributed by atoms with E-state index in [-0.39, 0.29) is 17.8 Å². The van der Waals surface area contributed by atoms with Gasteiger partial charge in [0.2, 0.25) is 0 Å². The molecule has 100 valence electrons. The molecule has 18 heavy (non-hydrogen) atoms. The molecule has 0 aliphatic carbocycles. The van der Waals surface area contributed by atoms with Crippen molar-refractivity contribution in [3.05, 3.63) is 23.8 Å². The van der Waals surface area contributed by atoms with Gasteiger partial charge in [-0.05, 0) is 18.6 Å². The van der Waals surface area contributed by atoms with Crippen LogP contribution in [0.25, 0.3) is 0 Å². The Bertz CT molecular complexity index is 533. The number of benzene rings is 1. The molecule has 0 saturated heterocycles. The lowest BCUT2D eigenvalue weighted by Crippen LogP contribution is -2.04. The van der Waals surface area contributed by atoms with E-state index in [1.54, 1.807) is 0 Å². The normalized spacial score (nSPS) is 11.4. The summed E-state index contributed by atoms with van der Waals surface area (Å²) in [6.45, 7) is 2.00. The minimum Gasteiger partial charge on any atom is -0.506 e. The highest BCUT2D eigenvalue weighted by molar-refractivity contribution is 7.86. The van der Waals surface area contributed by atoms with Crippen LogP contribution in [0.2, 0.25) is 0 Å². The summed E-state index contributed by atoms with van der Waals surface area (Å²) in [7, 11) is -4.52. The molecule has 0 amide bonds. The van der Waals surface area contributed by atoms with Crippen molar-refractivity contribution in [3.63, 3.8) is 0 Å². The second-order valence-corrected chi connectivity index (χ2v) is 5.40. The first-order chi connectivity index (χ1) is 8.38. The Morgan fingerprint density at radius 1 is 1.28 bits per heavy atom. The van der Waals surface area contributed by atoms with Crippen LogP contribution in [-0.4, -0.2) is 23.9 Å². The minimum atomic E-state index is -4.52. The van der Waals surface area contributed by atoms with E-state index in [1.807, 2.05) is 6.92 Å². The summed E-state index contributed by atoms with van der Waals surface area (Å²) in [6.07, 6.45) is 2.79. The molecular weight excluding hydrogens is 256 g/mol. The topological polar surface area (TPSA) is 91.7 Å². The van der Waals surface area contributed by atoms with E-state index >= 15 is 0 Å². The smallest absolute Gasteiger partial charge is 0.298 e. The van der Waals surface area contributed by atoms with Crippen molar-refractivity contribution in [2.45, 2.75) is 37.5 Å². The van der Waals surface area contributed by atoms with Crippen LogP contribution >= 0.6 is 0 Å². The molecular formula is C12H16O5S. The fourth-order valence-electron chi connectivity index (χ4n) is 1.63. The Hall–Kier alpha value is -1.40. The number of aromatic hydroxyl groups is 1. The number of carbonyl (C=O) groups is 1. The number of unbranched alkanes of at least 4 members (excludes halogenated alkanes) is 2. The minimum absolute atomic E-state index is 0.0683. The van der Waals surface area contributed by atoms with Crippen molar-refractivity contribution < 1.29 is 22.9 Å². The fraction of sp³-hybridized carbons (Fsp3) is 0.417. The molecule has 1 aromatic carbocycles. The summed E-state index contributed by atoms with van der Waals surface area (Å²) in [5.41, 5.74) is -0.0683. The highest BCUT2D eigenvalue weighted by atomic mass is 32.2. The van der Waals surface area contributed by atoms with E-state index < -0.39 is 20.8 Å². The van der Waals surface area contributed by atoms with Gasteiger partial charge in [0.15, 0.2) is 5.78 Å². The predicted molar refractivity (Wildman–Crippen MR) is 66.4 cm³/mol. The fourth-order valence-corrected chi connectivity index (χ4v) is 2.23. The highest BCUT2D eigenvalue weighted by Gasteiger charge is 2.20. The average molecular weight is 272 g/mol. The molecule has 0 aliphatic rings. The van der Waals surface area contributed by atoms with Gasteiger partial charge in [0.25, 0.3) is 10.1 Å². The molecule has 0 saturated carbocycles. The molecule has 0 aliphatic heterocycles. The van der Waals surface area contributed by atoms with Crippen LogP contribution in [0.4, 0.5) is 0 Å². The molecule has 0 radical (unpaired) electrons. The lowest BCUT2D eigenvalue weighted by atomic mass is 10.0. The molecule has 0 spiro atoms. The van der Waals surface area contributed by atoms with Crippen molar-refractivity contribution in [3.8, 4) is 5.75 Å². The second-order valence-electron chi connectivity index (χ2n) is 4.01. The Morgan fingerprint density at radius 3 is 2.50 bits per heavy atom. The first-order valence-electron chi connectivity index (χ1n) is 5.70. The number of phenolic OH excluding ortho intramolecular Hbond substituents is 1. The van der Waals surface area contributed by atoms with Gasteiger partial charge in [-0.15, -0.1) is 0 Å². The molecule has 0 bridgehead atoms. The van der Waals surface area contributed by atoms with Crippen molar-refractivity contribution in [1.82, 2.24) is 0 Å². The van der Waals surface area contributed by atoms with Crippen LogP contribution in [0.5, 0.6) is 5.75 Å². The zero-order valence-corrected chi connectivity index (χ0v) is 10.9. The zero-order valence-electron chi connectivity index (χ0n) is 10.1. The van der Waals surface area contributed by atoms with E-state index in [9.17, 15) is 18.3 Å². The van der Waals surface area contributed by atoms with E-state index in [0.29, 0.717) is 6.42 Å². The second kappa shape index (κ2) is 5.97. The largest absolute Gasteiger partial charge is 0.506 e. The lowest BCUT2D eigenvalue weighted by Gasteiger charge is -2.06. The van der Waals surface area contributed by atoms with Gasteiger partial charge < -0.3 is 5.11 Å².